The van der Waals surface area contributed by atoms with E-state index in [2.05, 4.69) is 20.3 Å². The summed E-state index contributed by atoms with van der Waals surface area (Å²) >= 11 is 0. The van der Waals surface area contributed by atoms with E-state index in [1.54, 1.807) is 43.3 Å². The maximum Gasteiger partial charge on any atom is 0.278 e. The number of anilines is 1. The van der Waals surface area contributed by atoms with Crippen LogP contribution in [0.4, 0.5) is 5.69 Å². The van der Waals surface area contributed by atoms with E-state index in [1.165, 1.54) is 12.5 Å². The molecule has 0 atom stereocenters. The van der Waals surface area contributed by atoms with Crippen LogP contribution in [0.15, 0.2) is 48.9 Å². The molecule has 25 heavy (non-hydrogen) atoms. The van der Waals surface area contributed by atoms with Crippen molar-refractivity contribution in [2.24, 2.45) is 0 Å². The Balaban J connectivity index is 1.70. The van der Waals surface area contributed by atoms with Crippen LogP contribution in [-0.4, -0.2) is 26.0 Å². The van der Waals surface area contributed by atoms with Crippen LogP contribution in [0.1, 0.15) is 21.7 Å². The zero-order valence-electron chi connectivity index (χ0n) is 13.7. The molecule has 0 saturated carbocycles. The minimum Gasteiger partial charge on any atom is -0.505 e. The molecule has 0 radical (unpaired) electrons. The maximum atomic E-state index is 12.2. The number of amides is 1. The number of aromatic nitrogens is 3. The zero-order valence-corrected chi connectivity index (χ0v) is 13.7. The summed E-state index contributed by atoms with van der Waals surface area (Å²) in [4.78, 5) is 24.2. The second-order valence-corrected chi connectivity index (χ2v) is 5.40. The maximum absolute atomic E-state index is 12.2. The van der Waals surface area contributed by atoms with Crippen LogP contribution in [0.2, 0.25) is 0 Å². The third kappa shape index (κ3) is 3.89. The Morgan fingerprint density at radius 3 is 2.56 bits per heavy atom. The van der Waals surface area contributed by atoms with Gasteiger partial charge in [-0.15, -0.1) is 0 Å². The van der Waals surface area contributed by atoms with Crippen LogP contribution in [0.3, 0.4) is 0 Å². The van der Waals surface area contributed by atoms with Gasteiger partial charge in [0.25, 0.3) is 5.91 Å². The van der Waals surface area contributed by atoms with Gasteiger partial charge in [-0.2, -0.15) is 0 Å². The summed E-state index contributed by atoms with van der Waals surface area (Å²) in [5.74, 6) is 0.408. The van der Waals surface area contributed by atoms with Crippen molar-refractivity contribution in [3.05, 3.63) is 65.9 Å². The van der Waals surface area contributed by atoms with Gasteiger partial charge in [-0.05, 0) is 49.7 Å². The Kier molecular flexibility index (Phi) is 4.56. The largest absolute Gasteiger partial charge is 0.505 e. The summed E-state index contributed by atoms with van der Waals surface area (Å²) in [5.41, 5.74) is 1.93. The van der Waals surface area contributed by atoms with Gasteiger partial charge in [0.1, 0.15) is 17.8 Å². The van der Waals surface area contributed by atoms with Crippen molar-refractivity contribution in [2.45, 2.75) is 13.8 Å². The molecule has 0 spiro atoms. The Bertz CT molecular complexity index is 910. The van der Waals surface area contributed by atoms with Crippen LogP contribution in [0.25, 0.3) is 0 Å². The van der Waals surface area contributed by atoms with Crippen molar-refractivity contribution in [3.8, 4) is 17.4 Å². The van der Waals surface area contributed by atoms with Crippen LogP contribution in [0, 0.1) is 13.8 Å². The Morgan fingerprint density at radius 1 is 1.08 bits per heavy atom. The van der Waals surface area contributed by atoms with Gasteiger partial charge < -0.3 is 15.2 Å². The number of ether oxygens (including phenoxy) is 1. The molecule has 0 aliphatic heterocycles. The van der Waals surface area contributed by atoms with Crippen LogP contribution < -0.4 is 10.1 Å². The number of hydrogen-bond acceptors (Lipinski definition) is 6. The SMILES string of the molecule is Cc1cc(Oc2ccc(NC(=O)c3nccc(C)c3O)cc2)ncn1. The van der Waals surface area contributed by atoms with Crippen molar-refractivity contribution in [1.29, 1.82) is 0 Å². The van der Waals surface area contributed by atoms with E-state index in [9.17, 15) is 9.90 Å². The van der Waals surface area contributed by atoms with Crippen LogP contribution >= 0.6 is 0 Å². The summed E-state index contributed by atoms with van der Waals surface area (Å²) in [6.07, 6.45) is 2.91. The monoisotopic (exact) mass is 336 g/mol. The molecule has 126 valence electrons. The number of nitrogens with zero attached hydrogens (tertiary/aromatic N) is 3. The first-order valence-electron chi connectivity index (χ1n) is 7.55. The molecule has 7 heteroatoms. The summed E-state index contributed by atoms with van der Waals surface area (Å²) in [7, 11) is 0. The van der Waals surface area contributed by atoms with Gasteiger partial charge in [0.2, 0.25) is 5.88 Å². The minimum atomic E-state index is -0.485. The third-order valence-electron chi connectivity index (χ3n) is 3.45. The fourth-order valence-corrected chi connectivity index (χ4v) is 2.12. The molecular formula is C18H16N4O3. The van der Waals surface area contributed by atoms with Crippen molar-refractivity contribution in [3.63, 3.8) is 0 Å². The van der Waals surface area contributed by atoms with E-state index in [-0.39, 0.29) is 11.4 Å². The lowest BCUT2D eigenvalue weighted by molar-refractivity contribution is 0.101. The summed E-state index contributed by atoms with van der Waals surface area (Å²) in [6.45, 7) is 3.55. The number of aromatic hydroxyl groups is 1. The van der Waals surface area contributed by atoms with Gasteiger partial charge in [0.05, 0.1) is 0 Å². The highest BCUT2D eigenvalue weighted by atomic mass is 16.5. The number of carbonyl (C=O) groups excluding carboxylic acids is 1. The van der Waals surface area contributed by atoms with E-state index in [4.69, 9.17) is 4.74 Å². The smallest absolute Gasteiger partial charge is 0.278 e. The molecule has 3 aromatic rings. The molecule has 0 unspecified atom stereocenters. The molecule has 1 aromatic carbocycles. The molecule has 0 aliphatic rings. The number of carbonyl (C=O) groups is 1. The third-order valence-corrected chi connectivity index (χ3v) is 3.45. The zero-order chi connectivity index (χ0) is 17.8. The second kappa shape index (κ2) is 6.96. The van der Waals surface area contributed by atoms with Gasteiger partial charge in [-0.25, -0.2) is 15.0 Å². The normalized spacial score (nSPS) is 10.3. The Morgan fingerprint density at radius 2 is 1.84 bits per heavy atom. The summed E-state index contributed by atoms with van der Waals surface area (Å²) in [5, 5.41) is 12.6. The molecule has 1 amide bonds. The van der Waals surface area contributed by atoms with E-state index >= 15 is 0 Å². The Labute approximate surface area is 144 Å². The first kappa shape index (κ1) is 16.4. The summed E-state index contributed by atoms with van der Waals surface area (Å²) < 4.78 is 5.62. The van der Waals surface area contributed by atoms with Gasteiger partial charge in [0.15, 0.2) is 5.69 Å². The van der Waals surface area contributed by atoms with E-state index in [1.807, 2.05) is 6.92 Å². The number of rotatable bonds is 4. The Hall–Kier alpha value is -3.48. The number of hydrogen-bond donors (Lipinski definition) is 2. The van der Waals surface area contributed by atoms with E-state index in [0.29, 0.717) is 22.9 Å². The van der Waals surface area contributed by atoms with Gasteiger partial charge in [-0.1, -0.05) is 0 Å². The van der Waals surface area contributed by atoms with E-state index in [0.717, 1.165) is 5.69 Å². The highest BCUT2D eigenvalue weighted by Gasteiger charge is 2.14. The van der Waals surface area contributed by atoms with Crippen LogP contribution in [0.5, 0.6) is 17.4 Å². The number of nitrogens with one attached hydrogen (secondary N) is 1. The quantitative estimate of drug-likeness (QED) is 0.759. The van der Waals surface area contributed by atoms with Gasteiger partial charge in [-0.3, -0.25) is 4.79 Å². The summed E-state index contributed by atoms with van der Waals surface area (Å²) in [6, 6.07) is 10.1. The lowest BCUT2D eigenvalue weighted by Crippen LogP contribution is -2.14. The fourth-order valence-electron chi connectivity index (χ4n) is 2.12. The predicted molar refractivity (Wildman–Crippen MR) is 91.9 cm³/mol. The van der Waals surface area contributed by atoms with E-state index < -0.39 is 5.91 Å². The fraction of sp³-hybridized carbons (Fsp3) is 0.111. The standard InChI is InChI=1S/C18H16N4O3/c1-11-7-8-19-16(17(11)23)18(24)22-13-3-5-14(6-4-13)25-15-9-12(2)20-10-21-15/h3-10,23H,1-2H3,(H,22,24). The first-order chi connectivity index (χ1) is 12.0. The van der Waals surface area contributed by atoms with Crippen molar-refractivity contribution in [1.82, 2.24) is 15.0 Å². The minimum absolute atomic E-state index is 0.0169. The van der Waals surface area contributed by atoms with Crippen molar-refractivity contribution in [2.75, 3.05) is 5.32 Å². The highest BCUT2D eigenvalue weighted by molar-refractivity contribution is 6.04. The average molecular weight is 336 g/mol. The first-order valence-corrected chi connectivity index (χ1v) is 7.55. The molecule has 7 nitrogen and oxygen atoms in total. The van der Waals surface area contributed by atoms with Crippen molar-refractivity contribution < 1.29 is 14.6 Å². The molecule has 2 aromatic heterocycles. The molecule has 3 rings (SSSR count). The molecule has 0 bridgehead atoms. The average Bonchev–Trinajstić information content (AvgIpc) is 2.59. The molecule has 2 heterocycles. The lowest BCUT2D eigenvalue weighted by Gasteiger charge is -2.09. The highest BCUT2D eigenvalue weighted by Crippen LogP contribution is 2.23. The number of pyridine rings is 1. The molecule has 0 saturated heterocycles. The number of benzene rings is 1. The van der Waals surface area contributed by atoms with Crippen molar-refractivity contribution >= 4 is 11.6 Å². The van der Waals surface area contributed by atoms with Gasteiger partial charge in [0, 0.05) is 23.6 Å². The van der Waals surface area contributed by atoms with Crippen LogP contribution in [-0.2, 0) is 0 Å². The topological polar surface area (TPSA) is 97.2 Å². The molecule has 0 fully saturated rings. The molecular weight excluding hydrogens is 320 g/mol. The lowest BCUT2D eigenvalue weighted by atomic mass is 10.2. The second-order valence-electron chi connectivity index (χ2n) is 5.40. The molecule has 0 aliphatic carbocycles. The molecule has 2 N–H and O–H groups in total. The predicted octanol–water partition coefficient (Wildman–Crippen LogP) is 3.24. The number of aryl methyl sites for hydroxylation is 2. The van der Waals surface area contributed by atoms with Gasteiger partial charge >= 0.3 is 0 Å².